The van der Waals surface area contributed by atoms with Crippen LogP contribution in [0.2, 0.25) is 0 Å². The number of para-hydroxylation sites is 2. The van der Waals surface area contributed by atoms with Crippen LogP contribution in [-0.4, -0.2) is 23.0 Å². The zero-order valence-electron chi connectivity index (χ0n) is 14.3. The summed E-state index contributed by atoms with van der Waals surface area (Å²) in [7, 11) is 1.45. The van der Waals surface area contributed by atoms with E-state index in [4.69, 9.17) is 0 Å². The first-order chi connectivity index (χ1) is 12.8. The summed E-state index contributed by atoms with van der Waals surface area (Å²) < 4.78 is 39.2. The number of pyridine rings is 1. The molecule has 8 heteroatoms. The maximum atomic E-state index is 13.1. The molecule has 0 saturated carbocycles. The summed E-state index contributed by atoms with van der Waals surface area (Å²) in [5, 5.41) is 3.04. The highest BCUT2D eigenvalue weighted by Gasteiger charge is 2.33. The molecule has 140 valence electrons. The number of hydrogen-bond acceptors (Lipinski definition) is 2. The van der Waals surface area contributed by atoms with Gasteiger partial charge in [0.1, 0.15) is 0 Å². The normalized spacial score (nSPS) is 11.4. The number of nitrogens with zero attached hydrogens (tertiary/aromatic N) is 1. The zero-order chi connectivity index (χ0) is 19.6. The van der Waals surface area contributed by atoms with Gasteiger partial charge in [0.2, 0.25) is 5.56 Å². The largest absolute Gasteiger partial charge is 0.418 e. The minimum atomic E-state index is -4.58. The van der Waals surface area contributed by atoms with Gasteiger partial charge in [-0.05, 0) is 23.8 Å². The van der Waals surface area contributed by atoms with Gasteiger partial charge in [0.15, 0.2) is 0 Å². The number of carbonyl (C=O) groups is 1. The molecule has 0 radical (unpaired) electrons. The number of amides is 2. The number of hydrogen-bond donors (Lipinski definition) is 2. The van der Waals surface area contributed by atoms with E-state index in [0.29, 0.717) is 11.1 Å². The average Bonchev–Trinajstić information content (AvgIpc) is 2.61. The standard InChI is InChI=1S/C19H16F3N3O2/c1-25(11-12-10-17(26)23-15-8-4-2-6-13(12)15)18(27)24-16-9-5-3-7-14(16)19(20,21)22/h2-10H,11H2,1H3,(H,23,26)(H,24,27). The molecule has 2 aromatic carbocycles. The van der Waals surface area contributed by atoms with E-state index in [1.165, 1.54) is 36.2 Å². The van der Waals surface area contributed by atoms with E-state index >= 15 is 0 Å². The molecule has 0 bridgehead atoms. The number of alkyl halides is 3. The molecular weight excluding hydrogens is 359 g/mol. The molecule has 27 heavy (non-hydrogen) atoms. The molecule has 0 spiro atoms. The molecule has 0 aliphatic heterocycles. The molecule has 0 aliphatic rings. The number of aromatic nitrogens is 1. The van der Waals surface area contributed by atoms with Gasteiger partial charge in [-0.2, -0.15) is 13.2 Å². The average molecular weight is 375 g/mol. The van der Waals surface area contributed by atoms with Crippen molar-refractivity contribution in [3.63, 3.8) is 0 Å². The number of H-pyrrole nitrogens is 1. The van der Waals surface area contributed by atoms with Crippen molar-refractivity contribution in [2.24, 2.45) is 0 Å². The second kappa shape index (κ2) is 7.14. The minimum absolute atomic E-state index is 0.0600. The van der Waals surface area contributed by atoms with Crippen molar-refractivity contribution in [1.29, 1.82) is 0 Å². The first-order valence-electron chi connectivity index (χ1n) is 8.05. The number of fused-ring (bicyclic) bond motifs is 1. The fourth-order valence-corrected chi connectivity index (χ4v) is 2.79. The summed E-state index contributed by atoms with van der Waals surface area (Å²) >= 11 is 0. The molecule has 2 N–H and O–H groups in total. The summed E-state index contributed by atoms with van der Waals surface area (Å²) in [4.78, 5) is 28.1. The topological polar surface area (TPSA) is 65.2 Å². The Morgan fingerprint density at radius 3 is 2.52 bits per heavy atom. The molecule has 0 aliphatic carbocycles. The van der Waals surface area contributed by atoms with Gasteiger partial charge in [-0.15, -0.1) is 0 Å². The van der Waals surface area contributed by atoms with Crippen molar-refractivity contribution < 1.29 is 18.0 Å². The van der Waals surface area contributed by atoms with E-state index < -0.39 is 17.8 Å². The molecule has 0 atom stereocenters. The van der Waals surface area contributed by atoms with E-state index in [9.17, 15) is 22.8 Å². The van der Waals surface area contributed by atoms with Crippen LogP contribution < -0.4 is 10.9 Å². The fraction of sp³-hybridized carbons (Fsp3) is 0.158. The molecule has 1 aromatic heterocycles. The molecule has 1 heterocycles. The Kier molecular flexibility index (Phi) is 4.89. The van der Waals surface area contributed by atoms with Gasteiger partial charge in [0, 0.05) is 30.6 Å². The third-order valence-corrected chi connectivity index (χ3v) is 4.06. The van der Waals surface area contributed by atoms with E-state index in [-0.39, 0.29) is 17.8 Å². The summed E-state index contributed by atoms with van der Waals surface area (Å²) in [6.07, 6.45) is -4.58. The Bertz CT molecular complexity index is 1040. The van der Waals surface area contributed by atoms with Crippen molar-refractivity contribution in [2.75, 3.05) is 12.4 Å². The van der Waals surface area contributed by atoms with Crippen LogP contribution in [0.25, 0.3) is 10.9 Å². The summed E-state index contributed by atoms with van der Waals surface area (Å²) in [6, 6.07) is 12.5. The van der Waals surface area contributed by atoms with E-state index in [1.807, 2.05) is 0 Å². The minimum Gasteiger partial charge on any atom is -0.323 e. The molecule has 0 fully saturated rings. The highest BCUT2D eigenvalue weighted by Crippen LogP contribution is 2.34. The van der Waals surface area contributed by atoms with Crippen LogP contribution in [0.15, 0.2) is 59.4 Å². The maximum absolute atomic E-state index is 13.1. The van der Waals surface area contributed by atoms with Crippen molar-refractivity contribution in [1.82, 2.24) is 9.88 Å². The van der Waals surface area contributed by atoms with Crippen LogP contribution in [0.1, 0.15) is 11.1 Å². The lowest BCUT2D eigenvalue weighted by molar-refractivity contribution is -0.136. The predicted molar refractivity (Wildman–Crippen MR) is 96.5 cm³/mol. The number of carbonyl (C=O) groups excluding carboxylic acids is 1. The predicted octanol–water partition coefficient (Wildman–Crippen LogP) is 4.21. The van der Waals surface area contributed by atoms with Crippen molar-refractivity contribution >= 4 is 22.6 Å². The number of rotatable bonds is 3. The van der Waals surface area contributed by atoms with Crippen LogP contribution >= 0.6 is 0 Å². The zero-order valence-corrected chi connectivity index (χ0v) is 14.3. The fourth-order valence-electron chi connectivity index (χ4n) is 2.79. The lowest BCUT2D eigenvalue weighted by Gasteiger charge is -2.20. The quantitative estimate of drug-likeness (QED) is 0.720. The number of benzene rings is 2. The second-order valence-corrected chi connectivity index (χ2v) is 6.03. The van der Waals surface area contributed by atoms with Gasteiger partial charge >= 0.3 is 12.2 Å². The van der Waals surface area contributed by atoms with Gasteiger partial charge in [0.25, 0.3) is 0 Å². The van der Waals surface area contributed by atoms with Gasteiger partial charge in [0.05, 0.1) is 11.3 Å². The van der Waals surface area contributed by atoms with Crippen LogP contribution in [0.4, 0.5) is 23.7 Å². The second-order valence-electron chi connectivity index (χ2n) is 6.03. The number of anilines is 1. The van der Waals surface area contributed by atoms with Crippen LogP contribution in [-0.2, 0) is 12.7 Å². The third kappa shape index (κ3) is 4.11. The first-order valence-corrected chi connectivity index (χ1v) is 8.05. The number of nitrogens with one attached hydrogen (secondary N) is 2. The van der Waals surface area contributed by atoms with Gasteiger partial charge in [-0.3, -0.25) is 4.79 Å². The molecule has 3 aromatic rings. The summed E-state index contributed by atoms with van der Waals surface area (Å²) in [5.41, 5.74) is -0.349. The molecule has 3 rings (SSSR count). The summed E-state index contributed by atoms with van der Waals surface area (Å²) in [5.74, 6) is 0. The molecule has 0 saturated heterocycles. The third-order valence-electron chi connectivity index (χ3n) is 4.06. The van der Waals surface area contributed by atoms with E-state index in [2.05, 4.69) is 10.3 Å². The van der Waals surface area contributed by atoms with Gasteiger partial charge < -0.3 is 15.2 Å². The van der Waals surface area contributed by atoms with Crippen LogP contribution in [0.5, 0.6) is 0 Å². The monoisotopic (exact) mass is 375 g/mol. The lowest BCUT2D eigenvalue weighted by Crippen LogP contribution is -2.32. The van der Waals surface area contributed by atoms with Crippen LogP contribution in [0, 0.1) is 0 Å². The van der Waals surface area contributed by atoms with E-state index in [1.54, 1.807) is 24.3 Å². The number of halogens is 3. The van der Waals surface area contributed by atoms with Crippen LogP contribution in [0.3, 0.4) is 0 Å². The Balaban J connectivity index is 1.83. The smallest absolute Gasteiger partial charge is 0.323 e. The Morgan fingerprint density at radius 1 is 1.11 bits per heavy atom. The van der Waals surface area contributed by atoms with Gasteiger partial charge in [-0.1, -0.05) is 30.3 Å². The first kappa shape index (κ1) is 18.5. The van der Waals surface area contributed by atoms with Crippen molar-refractivity contribution in [2.45, 2.75) is 12.7 Å². The van der Waals surface area contributed by atoms with Crippen molar-refractivity contribution in [3.05, 3.63) is 76.1 Å². The SMILES string of the molecule is CN(Cc1cc(=O)[nH]c2ccccc12)C(=O)Nc1ccccc1C(F)(F)F. The highest BCUT2D eigenvalue weighted by atomic mass is 19.4. The highest BCUT2D eigenvalue weighted by molar-refractivity contribution is 5.90. The number of urea groups is 1. The molecule has 0 unspecified atom stereocenters. The Hall–Kier alpha value is -3.29. The van der Waals surface area contributed by atoms with Gasteiger partial charge in [-0.25, -0.2) is 4.79 Å². The van der Waals surface area contributed by atoms with E-state index in [0.717, 1.165) is 11.5 Å². The number of aromatic amines is 1. The Labute approximate surface area is 152 Å². The molecular formula is C19H16F3N3O2. The van der Waals surface area contributed by atoms with Crippen molar-refractivity contribution in [3.8, 4) is 0 Å². The summed E-state index contributed by atoms with van der Waals surface area (Å²) in [6.45, 7) is 0.0600. The molecule has 5 nitrogen and oxygen atoms in total. The maximum Gasteiger partial charge on any atom is 0.418 e. The lowest BCUT2D eigenvalue weighted by atomic mass is 10.1. The molecule has 2 amide bonds. The Morgan fingerprint density at radius 2 is 1.78 bits per heavy atom.